The molecule has 0 amide bonds. The minimum absolute atomic E-state index is 0.0710. The van der Waals surface area contributed by atoms with E-state index in [2.05, 4.69) is 17.8 Å². The van der Waals surface area contributed by atoms with Gasteiger partial charge in [-0.25, -0.2) is 8.37 Å². The Kier molecular flexibility index (Phi) is 9.95. The van der Waals surface area contributed by atoms with Crippen LogP contribution >= 0.6 is 0 Å². The highest BCUT2D eigenvalue weighted by Gasteiger charge is 2.17. The van der Waals surface area contributed by atoms with Crippen LogP contribution in [0.3, 0.4) is 0 Å². The van der Waals surface area contributed by atoms with Crippen molar-refractivity contribution < 1.29 is 44.3 Å². The van der Waals surface area contributed by atoms with Crippen molar-refractivity contribution in [2.45, 2.75) is 33.1 Å². The van der Waals surface area contributed by atoms with Crippen LogP contribution in [0.4, 0.5) is 0 Å². The number of rotatable bonds is 12. The van der Waals surface area contributed by atoms with Gasteiger partial charge in [0, 0.05) is 12.8 Å². The molecule has 0 spiro atoms. The van der Waals surface area contributed by atoms with Crippen LogP contribution < -0.4 is 0 Å². The van der Waals surface area contributed by atoms with Crippen molar-refractivity contribution in [1.82, 2.24) is 0 Å². The fourth-order valence-corrected chi connectivity index (χ4v) is 2.86. The molecular formula is C11H20O10S2. The summed E-state index contributed by atoms with van der Waals surface area (Å²) in [5.74, 6) is -2.46. The minimum Gasteiger partial charge on any atom is -0.437 e. The quantitative estimate of drug-likeness (QED) is 0.257. The molecule has 0 rings (SSSR count). The first-order valence-corrected chi connectivity index (χ1v) is 9.82. The van der Waals surface area contributed by atoms with Gasteiger partial charge in [-0.1, -0.05) is 13.8 Å². The van der Waals surface area contributed by atoms with Crippen LogP contribution in [0.25, 0.3) is 0 Å². The molecule has 12 heteroatoms. The molecule has 10 nitrogen and oxygen atoms in total. The largest absolute Gasteiger partial charge is 0.437 e. The van der Waals surface area contributed by atoms with Crippen molar-refractivity contribution in [1.29, 1.82) is 0 Å². The first kappa shape index (κ1) is 21.8. The third-order valence-electron chi connectivity index (χ3n) is 2.26. The highest BCUT2D eigenvalue weighted by Crippen LogP contribution is 2.03. The Balaban J connectivity index is 4.06. The van der Waals surface area contributed by atoms with Crippen molar-refractivity contribution in [3.8, 4) is 0 Å². The molecule has 0 aromatic heterocycles. The first-order valence-electron chi connectivity index (χ1n) is 6.67. The monoisotopic (exact) mass is 376 g/mol. The summed E-state index contributed by atoms with van der Waals surface area (Å²) in [5.41, 5.74) is 0. The number of hydrogen-bond acceptors (Lipinski definition) is 10. The van der Waals surface area contributed by atoms with Gasteiger partial charge in [-0.3, -0.25) is 9.59 Å². The smallest absolute Gasteiger partial charge is 0.307 e. The van der Waals surface area contributed by atoms with Gasteiger partial charge < -0.3 is 9.47 Å². The molecule has 0 saturated heterocycles. The van der Waals surface area contributed by atoms with Crippen molar-refractivity contribution >= 4 is 32.2 Å². The first-order chi connectivity index (χ1) is 10.6. The van der Waals surface area contributed by atoms with E-state index in [1.807, 2.05) is 0 Å². The van der Waals surface area contributed by atoms with Crippen LogP contribution in [-0.4, -0.2) is 53.9 Å². The maximum absolute atomic E-state index is 11.4. The van der Waals surface area contributed by atoms with Crippen molar-refractivity contribution in [2.75, 3.05) is 25.1 Å². The fourth-order valence-electron chi connectivity index (χ4n) is 1.06. The van der Waals surface area contributed by atoms with Crippen LogP contribution in [0.15, 0.2) is 0 Å². The predicted molar refractivity (Wildman–Crippen MR) is 76.9 cm³/mol. The molecule has 0 bridgehead atoms. The number of carbonyl (C=O) groups is 2. The highest BCUT2D eigenvalue weighted by molar-refractivity contribution is 7.87. The van der Waals surface area contributed by atoms with E-state index in [0.717, 1.165) is 0 Å². The molecule has 0 saturated carbocycles. The van der Waals surface area contributed by atoms with E-state index in [1.165, 1.54) is 13.8 Å². The SMILES string of the molecule is CCC(=O)OCOS(=O)(=O)CCCS(=O)(=O)OCOC(=O)CC. The normalized spacial score (nSPS) is 11.9. The topological polar surface area (TPSA) is 139 Å². The van der Waals surface area contributed by atoms with Crippen LogP contribution in [0.1, 0.15) is 33.1 Å². The molecule has 0 N–H and O–H groups in total. The van der Waals surface area contributed by atoms with Gasteiger partial charge in [0.05, 0.1) is 11.5 Å². The van der Waals surface area contributed by atoms with Gasteiger partial charge in [0.2, 0.25) is 13.6 Å². The standard InChI is InChI=1S/C11H20O10S2/c1-3-10(12)18-8-20-22(14,15)6-5-7-23(16,17)21-9-19-11(13)4-2/h3-9H2,1-2H3. The van der Waals surface area contributed by atoms with E-state index in [1.54, 1.807) is 0 Å². The second kappa shape index (κ2) is 10.5. The van der Waals surface area contributed by atoms with E-state index >= 15 is 0 Å². The van der Waals surface area contributed by atoms with Gasteiger partial charge in [-0.2, -0.15) is 16.8 Å². The van der Waals surface area contributed by atoms with Crippen molar-refractivity contribution in [3.63, 3.8) is 0 Å². The summed E-state index contributed by atoms with van der Waals surface area (Å²) in [5, 5.41) is 0. The molecule has 0 heterocycles. The Morgan fingerprint density at radius 3 is 1.39 bits per heavy atom. The molecule has 0 aromatic rings. The Bertz CT molecular complexity index is 526. The summed E-state index contributed by atoms with van der Waals surface area (Å²) < 4.78 is 63.2. The summed E-state index contributed by atoms with van der Waals surface area (Å²) in [6.07, 6.45) is -0.155. The summed E-state index contributed by atoms with van der Waals surface area (Å²) in [4.78, 5) is 21.6. The van der Waals surface area contributed by atoms with Gasteiger partial charge in [0.15, 0.2) is 0 Å². The molecule has 0 atom stereocenters. The van der Waals surface area contributed by atoms with E-state index in [0.29, 0.717) is 0 Å². The molecule has 0 fully saturated rings. The number of carbonyl (C=O) groups excluding carboxylic acids is 2. The maximum Gasteiger partial charge on any atom is 0.307 e. The molecule has 23 heavy (non-hydrogen) atoms. The molecule has 0 unspecified atom stereocenters. The lowest BCUT2D eigenvalue weighted by molar-refractivity contribution is -0.150. The average Bonchev–Trinajstić information content (AvgIpc) is 2.45. The van der Waals surface area contributed by atoms with Crippen LogP contribution in [0.5, 0.6) is 0 Å². The Labute approximate surface area is 135 Å². The molecule has 0 radical (unpaired) electrons. The molecular weight excluding hydrogens is 356 g/mol. The van der Waals surface area contributed by atoms with Gasteiger partial charge >= 0.3 is 11.9 Å². The zero-order chi connectivity index (χ0) is 17.9. The van der Waals surface area contributed by atoms with E-state index in [-0.39, 0.29) is 19.3 Å². The lowest BCUT2D eigenvalue weighted by Gasteiger charge is -2.07. The van der Waals surface area contributed by atoms with Crippen LogP contribution in [0.2, 0.25) is 0 Å². The van der Waals surface area contributed by atoms with E-state index < -0.39 is 57.3 Å². The summed E-state index contributed by atoms with van der Waals surface area (Å²) in [6, 6.07) is 0. The van der Waals surface area contributed by atoms with Gasteiger partial charge in [-0.15, -0.1) is 0 Å². The summed E-state index contributed by atoms with van der Waals surface area (Å²) in [7, 11) is -8.06. The maximum atomic E-state index is 11.4. The predicted octanol–water partition coefficient (Wildman–Crippen LogP) is -0.109. The zero-order valence-electron chi connectivity index (χ0n) is 12.8. The second-order valence-corrected chi connectivity index (χ2v) is 7.61. The molecule has 0 aliphatic rings. The van der Waals surface area contributed by atoms with Gasteiger partial charge in [-0.05, 0) is 6.42 Å². The Morgan fingerprint density at radius 2 is 1.09 bits per heavy atom. The molecule has 0 aliphatic carbocycles. The van der Waals surface area contributed by atoms with Crippen LogP contribution in [-0.2, 0) is 47.7 Å². The summed E-state index contributed by atoms with van der Waals surface area (Å²) in [6.45, 7) is 1.54. The summed E-state index contributed by atoms with van der Waals surface area (Å²) >= 11 is 0. The highest BCUT2D eigenvalue weighted by atomic mass is 32.2. The number of ether oxygens (including phenoxy) is 2. The third kappa shape index (κ3) is 11.9. The van der Waals surface area contributed by atoms with Crippen LogP contribution in [0, 0.1) is 0 Å². The van der Waals surface area contributed by atoms with Crippen molar-refractivity contribution in [2.24, 2.45) is 0 Å². The molecule has 136 valence electrons. The van der Waals surface area contributed by atoms with Gasteiger partial charge in [0.1, 0.15) is 0 Å². The number of hydrogen-bond donors (Lipinski definition) is 0. The van der Waals surface area contributed by atoms with E-state index in [9.17, 15) is 26.4 Å². The fraction of sp³-hybridized carbons (Fsp3) is 0.818. The molecule has 0 aliphatic heterocycles. The van der Waals surface area contributed by atoms with Gasteiger partial charge in [0.25, 0.3) is 20.2 Å². The third-order valence-corrected chi connectivity index (χ3v) is 4.75. The Hall–Kier alpha value is -1.24. The average molecular weight is 376 g/mol. The number of esters is 2. The van der Waals surface area contributed by atoms with E-state index in [4.69, 9.17) is 0 Å². The van der Waals surface area contributed by atoms with Crippen molar-refractivity contribution in [3.05, 3.63) is 0 Å². The molecule has 0 aromatic carbocycles. The minimum atomic E-state index is -4.03. The zero-order valence-corrected chi connectivity index (χ0v) is 14.5. The second-order valence-electron chi connectivity index (χ2n) is 4.09. The Morgan fingerprint density at radius 1 is 0.739 bits per heavy atom. The lowest BCUT2D eigenvalue weighted by atomic mass is 10.5. The lowest BCUT2D eigenvalue weighted by Crippen LogP contribution is -2.19.